The van der Waals surface area contributed by atoms with E-state index in [1.165, 1.54) is 0 Å². The van der Waals surface area contributed by atoms with Crippen LogP contribution in [0.2, 0.25) is 0 Å². The maximum absolute atomic E-state index is 9.69. The van der Waals surface area contributed by atoms with Crippen LogP contribution in [0.5, 0.6) is 0 Å². The lowest BCUT2D eigenvalue weighted by Gasteiger charge is -2.44. The molecule has 0 aromatic heterocycles. The van der Waals surface area contributed by atoms with Gasteiger partial charge in [0.2, 0.25) is 5.79 Å². The van der Waals surface area contributed by atoms with Crippen LogP contribution >= 0.6 is 0 Å². The summed E-state index contributed by atoms with van der Waals surface area (Å²) in [6, 6.07) is 0. The molecule has 0 aromatic carbocycles. The molecule has 0 aromatic rings. The molecule has 1 aliphatic rings. The zero-order valence-corrected chi connectivity index (χ0v) is 7.28. The van der Waals surface area contributed by atoms with Crippen molar-refractivity contribution >= 4 is 0 Å². The molecule has 0 radical (unpaired) electrons. The molecule has 7 heteroatoms. The first-order valence-corrected chi connectivity index (χ1v) is 3.93. The second-order valence-electron chi connectivity index (χ2n) is 3.03. The Hall–Kier alpha value is -0.280. The Morgan fingerprint density at radius 2 is 2.07 bits per heavy atom. The minimum Gasteiger partial charge on any atom is -0.394 e. The van der Waals surface area contributed by atoms with Gasteiger partial charge in [0.15, 0.2) is 12.4 Å². The van der Waals surface area contributed by atoms with Crippen molar-refractivity contribution < 1.29 is 36.4 Å². The summed E-state index contributed by atoms with van der Waals surface area (Å²) in [6.07, 6.45) is -6.77. The molecule has 84 valence electrons. The summed E-state index contributed by atoms with van der Waals surface area (Å²) in [6.45, 7) is -0.672. The molecule has 0 amide bonds. The topological polar surface area (TPSA) is 120 Å². The molecule has 1 saturated heterocycles. The lowest BCUT2D eigenvalue weighted by molar-refractivity contribution is -0.387. The molecular formula is C7H14O7. The van der Waals surface area contributed by atoms with Crippen molar-refractivity contribution in [3.63, 3.8) is 0 Å². The highest BCUT2D eigenvalue weighted by atomic mass is 16.7. The van der Waals surface area contributed by atoms with Gasteiger partial charge < -0.3 is 35.0 Å². The number of aliphatic hydroxyl groups is 5. The van der Waals surface area contributed by atoms with Crippen LogP contribution in [0.1, 0.15) is 1.37 Å². The summed E-state index contributed by atoms with van der Waals surface area (Å²) >= 11 is 0. The largest absolute Gasteiger partial charge is 0.394 e. The summed E-state index contributed by atoms with van der Waals surface area (Å²) in [5.41, 5.74) is 0. The molecule has 0 aliphatic carbocycles. The van der Waals surface area contributed by atoms with Crippen molar-refractivity contribution in [2.75, 3.05) is 13.7 Å². The second kappa shape index (κ2) is 4.07. The standard InChI is InChI=1S/C7H14O7/c1-13-7(12)4(9)3(2-8)14-6(11)5(7)10/h3-6,8-12H,2H2,1H3/t3-,4-,5+,6?,7-/m1/s1/i1D. The normalized spacial score (nSPS) is 50.2. The Balaban J connectivity index is 2.88. The van der Waals surface area contributed by atoms with Gasteiger partial charge in [-0.2, -0.15) is 0 Å². The van der Waals surface area contributed by atoms with Crippen LogP contribution in [0.25, 0.3) is 0 Å². The van der Waals surface area contributed by atoms with Gasteiger partial charge in [-0.1, -0.05) is 0 Å². The van der Waals surface area contributed by atoms with Gasteiger partial charge in [-0.3, -0.25) is 0 Å². The van der Waals surface area contributed by atoms with Crippen LogP contribution in [0.3, 0.4) is 0 Å². The highest BCUT2D eigenvalue weighted by Crippen LogP contribution is 2.29. The van der Waals surface area contributed by atoms with E-state index in [-0.39, 0.29) is 0 Å². The third-order valence-corrected chi connectivity index (χ3v) is 2.20. The summed E-state index contributed by atoms with van der Waals surface area (Å²) in [4.78, 5) is 0. The SMILES string of the molecule is [2H]CO[C@]1(O)[C@H](O)[C@@H](CO)OC(O)[C@@H]1O. The average molecular weight is 211 g/mol. The molecule has 1 rings (SSSR count). The maximum Gasteiger partial charge on any atom is 0.226 e. The predicted molar refractivity (Wildman–Crippen MR) is 41.9 cm³/mol. The summed E-state index contributed by atoms with van der Waals surface area (Å²) in [5.74, 6) is -2.52. The fourth-order valence-corrected chi connectivity index (χ4v) is 1.29. The third kappa shape index (κ3) is 1.63. The van der Waals surface area contributed by atoms with Crippen LogP contribution in [0, 0.1) is 0 Å². The van der Waals surface area contributed by atoms with Crippen LogP contribution < -0.4 is 0 Å². The van der Waals surface area contributed by atoms with Gasteiger partial charge in [0.25, 0.3) is 0 Å². The molecule has 5 atom stereocenters. The number of ether oxygens (including phenoxy) is 2. The van der Waals surface area contributed by atoms with Crippen LogP contribution in [-0.2, 0) is 9.47 Å². The van der Waals surface area contributed by atoms with Crippen molar-refractivity contribution in [2.24, 2.45) is 0 Å². The molecule has 0 saturated carbocycles. The van der Waals surface area contributed by atoms with Crippen LogP contribution in [0.4, 0.5) is 0 Å². The van der Waals surface area contributed by atoms with Gasteiger partial charge in [-0.05, 0) is 0 Å². The Morgan fingerprint density at radius 3 is 2.57 bits per heavy atom. The Morgan fingerprint density at radius 1 is 1.43 bits per heavy atom. The molecule has 1 aliphatic heterocycles. The van der Waals surface area contributed by atoms with E-state index in [9.17, 15) is 15.3 Å². The fourth-order valence-electron chi connectivity index (χ4n) is 1.29. The van der Waals surface area contributed by atoms with Crippen molar-refractivity contribution in [2.45, 2.75) is 30.4 Å². The number of aliphatic hydroxyl groups excluding tert-OH is 4. The second-order valence-corrected chi connectivity index (χ2v) is 3.03. The van der Waals surface area contributed by atoms with Gasteiger partial charge in [0, 0.05) is 7.09 Å². The number of hydrogen-bond donors (Lipinski definition) is 5. The van der Waals surface area contributed by atoms with Crippen molar-refractivity contribution in [1.29, 1.82) is 0 Å². The molecule has 5 N–H and O–H groups in total. The third-order valence-electron chi connectivity index (χ3n) is 2.20. The summed E-state index contributed by atoms with van der Waals surface area (Å²) in [5, 5.41) is 46.5. The van der Waals surface area contributed by atoms with E-state index in [0.29, 0.717) is 0 Å². The first-order valence-electron chi connectivity index (χ1n) is 4.64. The van der Waals surface area contributed by atoms with E-state index in [1.54, 1.807) is 0 Å². The van der Waals surface area contributed by atoms with Gasteiger partial charge in [-0.15, -0.1) is 0 Å². The zero-order valence-electron chi connectivity index (χ0n) is 8.28. The predicted octanol–water partition coefficient (Wildman–Crippen LogP) is -3.25. The van der Waals surface area contributed by atoms with Gasteiger partial charge in [0.1, 0.15) is 12.2 Å². The minimum atomic E-state index is -2.52. The smallest absolute Gasteiger partial charge is 0.226 e. The Kier molecular flexibility index (Phi) is 2.98. The molecule has 0 spiro atoms. The van der Waals surface area contributed by atoms with E-state index in [1.807, 2.05) is 0 Å². The summed E-state index contributed by atoms with van der Waals surface area (Å²) < 4.78 is 15.8. The van der Waals surface area contributed by atoms with E-state index < -0.39 is 44.1 Å². The maximum atomic E-state index is 9.69. The summed E-state index contributed by atoms with van der Waals surface area (Å²) in [7, 11) is -0.727. The highest BCUT2D eigenvalue weighted by molar-refractivity contribution is 4.95. The van der Waals surface area contributed by atoms with Crippen molar-refractivity contribution in [3.8, 4) is 0 Å². The molecular weight excluding hydrogens is 196 g/mol. The Labute approximate surface area is 81.5 Å². The van der Waals surface area contributed by atoms with Crippen LogP contribution in [0.15, 0.2) is 0 Å². The fraction of sp³-hybridized carbons (Fsp3) is 1.00. The van der Waals surface area contributed by atoms with Gasteiger partial charge in [-0.25, -0.2) is 0 Å². The quantitative estimate of drug-likeness (QED) is 0.304. The highest BCUT2D eigenvalue weighted by Gasteiger charge is 2.55. The number of hydrogen-bond acceptors (Lipinski definition) is 7. The molecule has 1 unspecified atom stereocenters. The van der Waals surface area contributed by atoms with E-state index in [4.69, 9.17) is 11.6 Å². The monoisotopic (exact) mass is 211 g/mol. The van der Waals surface area contributed by atoms with E-state index in [0.717, 1.165) is 0 Å². The number of methoxy groups -OCH3 is 1. The molecule has 14 heavy (non-hydrogen) atoms. The average Bonchev–Trinajstić information content (AvgIpc) is 2.21. The number of rotatable bonds is 2. The van der Waals surface area contributed by atoms with E-state index >= 15 is 0 Å². The van der Waals surface area contributed by atoms with Gasteiger partial charge >= 0.3 is 0 Å². The van der Waals surface area contributed by atoms with Gasteiger partial charge in [0.05, 0.1) is 7.98 Å². The molecule has 1 heterocycles. The Bertz CT molecular complexity index is 216. The molecule has 0 bridgehead atoms. The first kappa shape index (κ1) is 10.2. The first-order chi connectivity index (χ1) is 6.97. The minimum absolute atomic E-state index is 0.672. The van der Waals surface area contributed by atoms with Crippen molar-refractivity contribution in [1.82, 2.24) is 0 Å². The molecule has 7 nitrogen and oxygen atoms in total. The molecule has 1 fully saturated rings. The lowest BCUT2D eigenvalue weighted by Crippen LogP contribution is -2.67. The van der Waals surface area contributed by atoms with Crippen LogP contribution in [-0.4, -0.2) is 69.6 Å². The van der Waals surface area contributed by atoms with Crippen molar-refractivity contribution in [3.05, 3.63) is 0 Å². The van der Waals surface area contributed by atoms with E-state index in [2.05, 4.69) is 9.47 Å². The lowest BCUT2D eigenvalue weighted by atomic mass is 9.95. The zero-order chi connectivity index (χ0) is 11.6.